The first-order chi connectivity index (χ1) is 13.2. The van der Waals surface area contributed by atoms with Gasteiger partial charge in [0.25, 0.3) is 0 Å². The molecule has 0 atom stereocenters. The molecule has 2 aromatic rings. The number of carbonyl (C=O) groups excluding carboxylic acids is 1. The van der Waals surface area contributed by atoms with Gasteiger partial charge in [-0.05, 0) is 65.5 Å². The van der Waals surface area contributed by atoms with Gasteiger partial charge in [-0.3, -0.25) is 0 Å². The number of nitrogens with one attached hydrogen (secondary N) is 3. The molecule has 1 aromatic heterocycles. The molecule has 0 saturated carbocycles. The van der Waals surface area contributed by atoms with E-state index in [-0.39, 0.29) is 23.2 Å². The van der Waals surface area contributed by atoms with Crippen molar-refractivity contribution >= 4 is 17.1 Å². The van der Waals surface area contributed by atoms with Gasteiger partial charge in [-0.25, -0.2) is 9.78 Å². The molecule has 152 valence electrons. The number of urea groups is 1. The van der Waals surface area contributed by atoms with Gasteiger partial charge >= 0.3 is 6.03 Å². The Morgan fingerprint density at radius 3 is 2.39 bits per heavy atom. The van der Waals surface area contributed by atoms with Crippen molar-refractivity contribution in [1.29, 1.82) is 0 Å². The molecule has 2 aliphatic heterocycles. The number of imidazole rings is 1. The number of carbonyl (C=O) groups is 1. The molecular formula is C22H33N5O. The highest BCUT2D eigenvalue weighted by atomic mass is 16.2. The van der Waals surface area contributed by atoms with Crippen molar-refractivity contribution in [2.45, 2.75) is 76.4 Å². The molecule has 2 aliphatic rings. The summed E-state index contributed by atoms with van der Waals surface area (Å²) in [6, 6.07) is 8.45. The summed E-state index contributed by atoms with van der Waals surface area (Å²) in [7, 11) is 0. The third kappa shape index (κ3) is 4.17. The highest BCUT2D eigenvalue weighted by molar-refractivity contribution is 5.75. The van der Waals surface area contributed by atoms with Crippen molar-refractivity contribution in [2.75, 3.05) is 13.1 Å². The van der Waals surface area contributed by atoms with Gasteiger partial charge in [0.1, 0.15) is 5.82 Å². The number of H-pyrrole nitrogens is 1. The number of aromatic nitrogens is 2. The molecule has 28 heavy (non-hydrogen) atoms. The zero-order valence-electron chi connectivity index (χ0n) is 17.5. The van der Waals surface area contributed by atoms with E-state index in [2.05, 4.69) is 49.4 Å². The van der Waals surface area contributed by atoms with Crippen LogP contribution in [0.25, 0.3) is 11.0 Å². The SMILES string of the molecule is CC1(C)CC(NC(=O)N2CCC(c3nc4ccccc4[nH]3)CC2)CC(C)(C)N1. The summed E-state index contributed by atoms with van der Waals surface area (Å²) < 4.78 is 0. The topological polar surface area (TPSA) is 73.0 Å². The molecule has 6 nitrogen and oxygen atoms in total. The average molecular weight is 384 g/mol. The second-order valence-electron chi connectivity index (χ2n) is 9.85. The van der Waals surface area contributed by atoms with Crippen LogP contribution in [-0.2, 0) is 0 Å². The fraction of sp³-hybridized carbons (Fsp3) is 0.636. The summed E-state index contributed by atoms with van der Waals surface area (Å²) in [5, 5.41) is 6.97. The predicted molar refractivity (Wildman–Crippen MR) is 112 cm³/mol. The molecule has 0 unspecified atom stereocenters. The third-order valence-corrected chi connectivity index (χ3v) is 6.09. The molecule has 0 aliphatic carbocycles. The van der Waals surface area contributed by atoms with Gasteiger partial charge in [-0.1, -0.05) is 12.1 Å². The Morgan fingerprint density at radius 1 is 1.11 bits per heavy atom. The summed E-state index contributed by atoms with van der Waals surface area (Å²) in [6.45, 7) is 10.4. The molecule has 0 radical (unpaired) electrons. The maximum atomic E-state index is 12.8. The number of nitrogens with zero attached hydrogens (tertiary/aromatic N) is 2. The van der Waals surface area contributed by atoms with Gasteiger partial charge < -0.3 is 20.5 Å². The van der Waals surface area contributed by atoms with E-state index in [9.17, 15) is 4.79 Å². The van der Waals surface area contributed by atoms with E-state index in [0.29, 0.717) is 5.92 Å². The fourth-order valence-corrected chi connectivity index (χ4v) is 5.21. The highest BCUT2D eigenvalue weighted by Crippen LogP contribution is 2.30. The number of rotatable bonds is 2. The van der Waals surface area contributed by atoms with Crippen LogP contribution in [0.2, 0.25) is 0 Å². The van der Waals surface area contributed by atoms with Gasteiger partial charge in [-0.15, -0.1) is 0 Å². The molecular weight excluding hydrogens is 350 g/mol. The molecule has 2 amide bonds. The minimum atomic E-state index is 0.0357. The van der Waals surface area contributed by atoms with Crippen LogP contribution in [0.15, 0.2) is 24.3 Å². The summed E-state index contributed by atoms with van der Waals surface area (Å²) in [4.78, 5) is 23.0. The Bertz CT molecular complexity index is 798. The normalized spacial score (nSPS) is 23.1. The Labute approximate surface area is 167 Å². The zero-order valence-corrected chi connectivity index (χ0v) is 17.5. The zero-order chi connectivity index (χ0) is 19.9. The van der Waals surface area contributed by atoms with E-state index in [1.807, 2.05) is 23.1 Å². The fourth-order valence-electron chi connectivity index (χ4n) is 5.21. The lowest BCUT2D eigenvalue weighted by Gasteiger charge is -2.47. The smallest absolute Gasteiger partial charge is 0.317 e. The number of fused-ring (bicyclic) bond motifs is 1. The molecule has 0 spiro atoms. The van der Waals surface area contributed by atoms with Crippen LogP contribution in [0.4, 0.5) is 4.79 Å². The van der Waals surface area contributed by atoms with Crippen molar-refractivity contribution in [3.8, 4) is 0 Å². The summed E-state index contributed by atoms with van der Waals surface area (Å²) >= 11 is 0. The number of hydrogen-bond donors (Lipinski definition) is 3. The number of para-hydroxylation sites is 2. The number of aromatic amines is 1. The van der Waals surface area contributed by atoms with Gasteiger partial charge in [0, 0.05) is 36.1 Å². The number of amides is 2. The van der Waals surface area contributed by atoms with E-state index in [4.69, 9.17) is 4.98 Å². The Balaban J connectivity index is 1.34. The van der Waals surface area contributed by atoms with Gasteiger partial charge in [0.2, 0.25) is 0 Å². The molecule has 3 heterocycles. The van der Waals surface area contributed by atoms with Gasteiger partial charge in [-0.2, -0.15) is 0 Å². The lowest BCUT2D eigenvalue weighted by atomic mass is 9.79. The molecule has 4 rings (SSSR count). The van der Waals surface area contributed by atoms with E-state index in [1.165, 1.54) is 0 Å². The molecule has 0 bridgehead atoms. The van der Waals surface area contributed by atoms with Crippen molar-refractivity contribution < 1.29 is 4.79 Å². The van der Waals surface area contributed by atoms with Crippen LogP contribution in [0, 0.1) is 0 Å². The van der Waals surface area contributed by atoms with E-state index < -0.39 is 0 Å². The van der Waals surface area contributed by atoms with Crippen LogP contribution >= 0.6 is 0 Å². The summed E-state index contributed by atoms with van der Waals surface area (Å²) in [5.74, 6) is 1.45. The van der Waals surface area contributed by atoms with Crippen LogP contribution in [0.3, 0.4) is 0 Å². The summed E-state index contributed by atoms with van der Waals surface area (Å²) in [6.07, 6.45) is 3.82. The first-order valence-corrected chi connectivity index (χ1v) is 10.5. The van der Waals surface area contributed by atoms with Crippen molar-refractivity contribution in [3.05, 3.63) is 30.1 Å². The average Bonchev–Trinajstić information content (AvgIpc) is 3.03. The minimum Gasteiger partial charge on any atom is -0.342 e. The van der Waals surface area contributed by atoms with Crippen molar-refractivity contribution in [2.24, 2.45) is 0 Å². The van der Waals surface area contributed by atoms with Crippen LogP contribution in [-0.4, -0.2) is 51.1 Å². The van der Waals surface area contributed by atoms with E-state index in [1.54, 1.807) is 0 Å². The predicted octanol–water partition coefficient (Wildman–Crippen LogP) is 3.76. The number of piperidine rings is 2. The first-order valence-electron chi connectivity index (χ1n) is 10.5. The van der Waals surface area contributed by atoms with Gasteiger partial charge in [0.15, 0.2) is 0 Å². The molecule has 3 N–H and O–H groups in total. The highest BCUT2D eigenvalue weighted by Gasteiger charge is 2.38. The molecule has 2 saturated heterocycles. The second kappa shape index (κ2) is 7.07. The summed E-state index contributed by atoms with van der Waals surface area (Å²) in [5.41, 5.74) is 2.18. The first kappa shape index (κ1) is 19.2. The van der Waals surface area contributed by atoms with Crippen LogP contribution < -0.4 is 10.6 Å². The lowest BCUT2D eigenvalue weighted by molar-refractivity contribution is 0.134. The van der Waals surface area contributed by atoms with Crippen molar-refractivity contribution in [1.82, 2.24) is 25.5 Å². The Hall–Kier alpha value is -2.08. The lowest BCUT2D eigenvalue weighted by Crippen LogP contribution is -2.63. The van der Waals surface area contributed by atoms with Crippen LogP contribution in [0.1, 0.15) is 65.1 Å². The van der Waals surface area contributed by atoms with E-state index >= 15 is 0 Å². The standard InChI is InChI=1S/C22H33N5O/c1-21(2)13-16(14-22(3,4)26-21)23-20(28)27-11-9-15(10-12-27)19-24-17-7-5-6-8-18(17)25-19/h5-8,15-16,26H,9-14H2,1-4H3,(H,23,28)(H,24,25). The maximum Gasteiger partial charge on any atom is 0.317 e. The van der Waals surface area contributed by atoms with E-state index in [0.717, 1.165) is 55.6 Å². The molecule has 2 fully saturated rings. The monoisotopic (exact) mass is 383 g/mol. The van der Waals surface area contributed by atoms with Crippen molar-refractivity contribution in [3.63, 3.8) is 0 Å². The Kier molecular flexibility index (Phi) is 4.86. The number of benzene rings is 1. The Morgan fingerprint density at radius 2 is 1.75 bits per heavy atom. The van der Waals surface area contributed by atoms with Crippen LogP contribution in [0.5, 0.6) is 0 Å². The largest absolute Gasteiger partial charge is 0.342 e. The third-order valence-electron chi connectivity index (χ3n) is 6.09. The second-order valence-corrected chi connectivity index (χ2v) is 9.85. The minimum absolute atomic E-state index is 0.0357. The quantitative estimate of drug-likeness (QED) is 0.739. The molecule has 1 aromatic carbocycles. The molecule has 6 heteroatoms. The maximum absolute atomic E-state index is 12.8. The van der Waals surface area contributed by atoms with Gasteiger partial charge in [0.05, 0.1) is 11.0 Å². The number of hydrogen-bond acceptors (Lipinski definition) is 3. The number of likely N-dealkylation sites (tertiary alicyclic amines) is 1.